The minimum absolute atomic E-state index is 0. The van der Waals surface area contributed by atoms with Crippen LogP contribution in [0, 0.1) is 0 Å². The van der Waals surface area contributed by atoms with Gasteiger partial charge in [-0.3, -0.25) is 14.6 Å². The number of pyridine rings is 1. The summed E-state index contributed by atoms with van der Waals surface area (Å²) in [5, 5.41) is 3.40. The summed E-state index contributed by atoms with van der Waals surface area (Å²) in [6.07, 6.45) is 6.26. The molecule has 1 fully saturated rings. The summed E-state index contributed by atoms with van der Waals surface area (Å²) in [6, 6.07) is 6.05. The maximum Gasteiger partial charge on any atom is 0.223 e. The van der Waals surface area contributed by atoms with Crippen molar-refractivity contribution in [1.29, 1.82) is 0 Å². The van der Waals surface area contributed by atoms with Gasteiger partial charge in [-0.05, 0) is 50.9 Å². The van der Waals surface area contributed by atoms with Gasteiger partial charge in [0.1, 0.15) is 0 Å². The highest BCUT2D eigenvalue weighted by Gasteiger charge is 2.25. The molecule has 1 aliphatic rings. The predicted molar refractivity (Wildman–Crippen MR) is 105 cm³/mol. The zero-order valence-corrected chi connectivity index (χ0v) is 16.6. The van der Waals surface area contributed by atoms with Gasteiger partial charge in [0, 0.05) is 39.2 Å². The van der Waals surface area contributed by atoms with E-state index in [2.05, 4.69) is 10.3 Å². The molecule has 0 bridgehead atoms. The Balaban J connectivity index is 0.00000338. The van der Waals surface area contributed by atoms with Gasteiger partial charge in [-0.15, -0.1) is 12.4 Å². The molecule has 0 aliphatic carbocycles. The van der Waals surface area contributed by atoms with Crippen molar-refractivity contribution < 1.29 is 9.59 Å². The first-order valence-corrected chi connectivity index (χ1v) is 9.18. The van der Waals surface area contributed by atoms with E-state index in [-0.39, 0.29) is 30.3 Å². The van der Waals surface area contributed by atoms with E-state index in [1.165, 1.54) is 0 Å². The maximum atomic E-state index is 12.9. The van der Waals surface area contributed by atoms with Gasteiger partial charge in [0.05, 0.1) is 12.2 Å². The van der Waals surface area contributed by atoms with Crippen molar-refractivity contribution in [1.82, 2.24) is 20.1 Å². The fraction of sp³-hybridized carbons (Fsp3) is 0.632. The lowest BCUT2D eigenvalue weighted by atomic mass is 10.1. The van der Waals surface area contributed by atoms with Crippen LogP contribution in [0.4, 0.5) is 0 Å². The first kappa shape index (κ1) is 22.4. The van der Waals surface area contributed by atoms with Crippen LogP contribution >= 0.6 is 12.4 Å². The van der Waals surface area contributed by atoms with E-state index in [0.717, 1.165) is 38.0 Å². The van der Waals surface area contributed by atoms with Crippen LogP contribution in [0.2, 0.25) is 0 Å². The molecule has 1 N–H and O–H groups in total. The number of rotatable bonds is 7. The second-order valence-electron chi connectivity index (χ2n) is 6.82. The van der Waals surface area contributed by atoms with Crippen molar-refractivity contribution in [3.63, 3.8) is 0 Å². The van der Waals surface area contributed by atoms with Crippen molar-refractivity contribution in [2.75, 3.05) is 27.2 Å². The Morgan fingerprint density at radius 1 is 1.15 bits per heavy atom. The molecule has 7 heteroatoms. The molecule has 2 heterocycles. The van der Waals surface area contributed by atoms with Crippen LogP contribution in [0.1, 0.15) is 44.2 Å². The summed E-state index contributed by atoms with van der Waals surface area (Å²) in [7, 11) is 3.49. The molecule has 1 unspecified atom stereocenters. The molecule has 1 aliphatic heterocycles. The lowest BCUT2D eigenvalue weighted by Crippen LogP contribution is -2.40. The van der Waals surface area contributed by atoms with E-state index in [1.54, 1.807) is 25.2 Å². The molecule has 0 radical (unpaired) electrons. The zero-order chi connectivity index (χ0) is 18.1. The molecule has 6 nitrogen and oxygen atoms in total. The molecule has 2 rings (SSSR count). The number of carbonyl (C=O) groups excluding carboxylic acids is 2. The second kappa shape index (κ2) is 11.9. The molecular formula is C19H31ClN4O2. The first-order chi connectivity index (χ1) is 12.1. The van der Waals surface area contributed by atoms with Crippen LogP contribution in [0.15, 0.2) is 24.4 Å². The number of hydrogen-bond donors (Lipinski definition) is 1. The van der Waals surface area contributed by atoms with Crippen LogP contribution in [0.5, 0.6) is 0 Å². The van der Waals surface area contributed by atoms with E-state index in [9.17, 15) is 9.59 Å². The Labute approximate surface area is 162 Å². The van der Waals surface area contributed by atoms with Crippen molar-refractivity contribution in [3.05, 3.63) is 30.1 Å². The number of hydrogen-bond acceptors (Lipinski definition) is 4. The molecular weight excluding hydrogens is 352 g/mol. The fourth-order valence-electron chi connectivity index (χ4n) is 3.16. The second-order valence-corrected chi connectivity index (χ2v) is 6.82. The summed E-state index contributed by atoms with van der Waals surface area (Å²) in [5.41, 5.74) is 0.914. The van der Waals surface area contributed by atoms with Crippen molar-refractivity contribution in [3.8, 4) is 0 Å². The predicted octanol–water partition coefficient (Wildman–Crippen LogP) is 2.23. The van der Waals surface area contributed by atoms with E-state index in [1.807, 2.05) is 23.1 Å². The third-order valence-corrected chi connectivity index (χ3v) is 4.64. The SMILES string of the molecule is CN(C)C(=O)CCCC(=O)N(Cc1ccccn1)C1CCCNCC1.Cl. The molecule has 2 amide bonds. The highest BCUT2D eigenvalue weighted by Crippen LogP contribution is 2.18. The standard InChI is InChI=1S/C19H30N4O2.ClH/c1-22(2)18(24)9-5-10-19(25)23(15-16-7-3-4-13-21-16)17-8-6-12-20-14-11-17;/h3-4,7,13,17,20H,5-6,8-12,14-15H2,1-2H3;1H. The Kier molecular flexibility index (Phi) is 10.2. The smallest absolute Gasteiger partial charge is 0.223 e. The lowest BCUT2D eigenvalue weighted by molar-refractivity contribution is -0.135. The molecule has 0 spiro atoms. The molecule has 0 aromatic carbocycles. The molecule has 1 saturated heterocycles. The van der Waals surface area contributed by atoms with E-state index < -0.39 is 0 Å². The highest BCUT2D eigenvalue weighted by atomic mass is 35.5. The zero-order valence-electron chi connectivity index (χ0n) is 15.8. The molecule has 1 aromatic rings. The average molecular weight is 383 g/mol. The van der Waals surface area contributed by atoms with Gasteiger partial charge in [0.2, 0.25) is 11.8 Å². The first-order valence-electron chi connectivity index (χ1n) is 9.18. The van der Waals surface area contributed by atoms with Crippen molar-refractivity contribution in [2.24, 2.45) is 0 Å². The van der Waals surface area contributed by atoms with Gasteiger partial charge in [0.15, 0.2) is 0 Å². The fourth-order valence-corrected chi connectivity index (χ4v) is 3.16. The minimum atomic E-state index is 0. The third-order valence-electron chi connectivity index (χ3n) is 4.64. The van der Waals surface area contributed by atoms with E-state index in [0.29, 0.717) is 25.8 Å². The van der Waals surface area contributed by atoms with Crippen LogP contribution in [-0.4, -0.2) is 59.8 Å². The Bertz CT molecular complexity index is 546. The van der Waals surface area contributed by atoms with Crippen LogP contribution < -0.4 is 5.32 Å². The molecule has 146 valence electrons. The Hall–Kier alpha value is -1.66. The average Bonchev–Trinajstić information content (AvgIpc) is 2.89. The summed E-state index contributed by atoms with van der Waals surface area (Å²) < 4.78 is 0. The van der Waals surface area contributed by atoms with Gasteiger partial charge < -0.3 is 15.1 Å². The number of nitrogens with one attached hydrogen (secondary N) is 1. The van der Waals surface area contributed by atoms with Crippen molar-refractivity contribution >= 4 is 24.2 Å². The number of carbonyl (C=O) groups is 2. The van der Waals surface area contributed by atoms with Crippen LogP contribution in [0.25, 0.3) is 0 Å². The molecule has 1 aromatic heterocycles. The monoisotopic (exact) mass is 382 g/mol. The van der Waals surface area contributed by atoms with Gasteiger partial charge >= 0.3 is 0 Å². The van der Waals surface area contributed by atoms with E-state index >= 15 is 0 Å². The molecule has 1 atom stereocenters. The maximum absolute atomic E-state index is 12.9. The van der Waals surface area contributed by atoms with Crippen LogP contribution in [0.3, 0.4) is 0 Å². The Morgan fingerprint density at radius 2 is 1.92 bits per heavy atom. The van der Waals surface area contributed by atoms with Gasteiger partial charge in [0.25, 0.3) is 0 Å². The lowest BCUT2D eigenvalue weighted by Gasteiger charge is -2.31. The van der Waals surface area contributed by atoms with Gasteiger partial charge in [-0.2, -0.15) is 0 Å². The number of halogens is 1. The molecule has 26 heavy (non-hydrogen) atoms. The normalized spacial score (nSPS) is 16.9. The largest absolute Gasteiger partial charge is 0.349 e. The summed E-state index contributed by atoms with van der Waals surface area (Å²) in [4.78, 5) is 32.5. The third kappa shape index (κ3) is 7.30. The number of nitrogens with zero attached hydrogens (tertiary/aromatic N) is 3. The summed E-state index contributed by atoms with van der Waals surface area (Å²) in [5.74, 6) is 0.201. The topological polar surface area (TPSA) is 65.5 Å². The van der Waals surface area contributed by atoms with E-state index in [4.69, 9.17) is 0 Å². The van der Waals surface area contributed by atoms with Crippen molar-refractivity contribution in [2.45, 2.75) is 51.1 Å². The van der Waals surface area contributed by atoms with Gasteiger partial charge in [-0.25, -0.2) is 0 Å². The van der Waals surface area contributed by atoms with Crippen LogP contribution in [-0.2, 0) is 16.1 Å². The summed E-state index contributed by atoms with van der Waals surface area (Å²) >= 11 is 0. The van der Waals surface area contributed by atoms with Gasteiger partial charge in [-0.1, -0.05) is 6.07 Å². The molecule has 0 saturated carbocycles. The number of amides is 2. The highest BCUT2D eigenvalue weighted by molar-refractivity contribution is 5.85. The Morgan fingerprint density at radius 3 is 2.62 bits per heavy atom. The summed E-state index contributed by atoms with van der Waals surface area (Å²) in [6.45, 7) is 2.50. The quantitative estimate of drug-likeness (QED) is 0.785. The number of aromatic nitrogens is 1. The minimum Gasteiger partial charge on any atom is -0.349 e.